The molecule has 0 spiro atoms. The van der Waals surface area contributed by atoms with Crippen molar-refractivity contribution >= 4 is 40.0 Å². The number of amides is 2. The zero-order valence-electron chi connectivity index (χ0n) is 8.45. The number of carbonyl (C=O) groups excluding carboxylic acids is 2. The smallest absolute Gasteiger partial charge is 0.270 e. The van der Waals surface area contributed by atoms with Crippen molar-refractivity contribution in [2.45, 2.75) is 0 Å². The Hall–Kier alpha value is -2.14. The van der Waals surface area contributed by atoms with Gasteiger partial charge in [0.15, 0.2) is 0 Å². The summed E-state index contributed by atoms with van der Waals surface area (Å²) in [6.45, 7) is 0. The quantitative estimate of drug-likeness (QED) is 0.743. The maximum absolute atomic E-state index is 11.6. The second kappa shape index (κ2) is 3.43. The number of aromatic amines is 1. The number of aromatic nitrogens is 2. The third-order valence-electron chi connectivity index (χ3n) is 2.59. The first kappa shape index (κ1) is 10.0. The molecule has 3 rings (SSSR count). The van der Waals surface area contributed by atoms with Gasteiger partial charge in [0.1, 0.15) is 10.7 Å². The number of nitrogens with zero attached hydrogens (tertiary/aromatic N) is 1. The lowest BCUT2D eigenvalue weighted by molar-refractivity contribution is -0.123. The van der Waals surface area contributed by atoms with Crippen molar-refractivity contribution in [2.75, 3.05) is 0 Å². The van der Waals surface area contributed by atoms with Crippen LogP contribution < -0.4 is 5.32 Å². The largest absolute Gasteiger partial charge is 0.346 e. The van der Waals surface area contributed by atoms with Gasteiger partial charge in [0.25, 0.3) is 11.8 Å². The topological polar surface area (TPSA) is 74.8 Å². The highest BCUT2D eigenvalue weighted by atomic mass is 35.5. The summed E-state index contributed by atoms with van der Waals surface area (Å²) in [5.41, 5.74) is 1.42. The molecule has 0 saturated heterocycles. The van der Waals surface area contributed by atoms with E-state index < -0.39 is 11.8 Å². The van der Waals surface area contributed by atoms with Crippen LogP contribution in [0.5, 0.6) is 0 Å². The summed E-state index contributed by atoms with van der Waals surface area (Å²) in [4.78, 5) is 29.9. The highest BCUT2D eigenvalue weighted by Gasteiger charge is 2.31. The fourth-order valence-electron chi connectivity index (χ4n) is 1.84. The van der Waals surface area contributed by atoms with Gasteiger partial charge < -0.3 is 4.98 Å². The molecule has 1 aliphatic heterocycles. The Balaban J connectivity index is 2.29. The van der Waals surface area contributed by atoms with E-state index in [4.69, 9.17) is 11.6 Å². The molecular weight excluding hydrogens is 242 g/mol. The van der Waals surface area contributed by atoms with Crippen LogP contribution in [-0.4, -0.2) is 21.8 Å². The number of pyridine rings is 1. The van der Waals surface area contributed by atoms with E-state index in [-0.39, 0.29) is 10.6 Å². The molecule has 2 aromatic rings. The van der Waals surface area contributed by atoms with E-state index in [0.717, 1.165) is 5.39 Å². The average molecular weight is 248 g/mol. The maximum Gasteiger partial charge on any atom is 0.270 e. The Morgan fingerprint density at radius 2 is 2.06 bits per heavy atom. The van der Waals surface area contributed by atoms with Gasteiger partial charge in [-0.3, -0.25) is 14.9 Å². The van der Waals surface area contributed by atoms with E-state index in [0.29, 0.717) is 11.2 Å². The van der Waals surface area contributed by atoms with Gasteiger partial charge >= 0.3 is 0 Å². The Bertz CT molecular complexity index is 687. The number of nitrogens with one attached hydrogen (secondary N) is 2. The van der Waals surface area contributed by atoms with E-state index >= 15 is 0 Å². The first-order valence-corrected chi connectivity index (χ1v) is 5.24. The van der Waals surface area contributed by atoms with Gasteiger partial charge in [0.2, 0.25) is 0 Å². The van der Waals surface area contributed by atoms with Gasteiger partial charge in [0, 0.05) is 23.3 Å². The predicted molar refractivity (Wildman–Crippen MR) is 62.0 cm³/mol. The van der Waals surface area contributed by atoms with Crippen molar-refractivity contribution in [3.8, 4) is 0 Å². The molecule has 0 bridgehead atoms. The molecule has 0 radical (unpaired) electrons. The predicted octanol–water partition coefficient (Wildman–Crippen LogP) is 1.17. The molecule has 0 aromatic carbocycles. The third kappa shape index (κ3) is 1.36. The molecule has 1 aliphatic rings. The van der Waals surface area contributed by atoms with Crippen molar-refractivity contribution in [1.29, 1.82) is 0 Å². The van der Waals surface area contributed by atoms with E-state index in [1.807, 2.05) is 0 Å². The molecular formula is C11H6ClN3O2. The van der Waals surface area contributed by atoms with Crippen LogP contribution in [0.15, 0.2) is 29.6 Å². The fraction of sp³-hybridized carbons (Fsp3) is 0. The SMILES string of the molecule is O=C1NC(=O)C(c2c[nH]c3ncccc23)=C1Cl. The number of halogens is 1. The van der Waals surface area contributed by atoms with E-state index in [2.05, 4.69) is 15.3 Å². The zero-order chi connectivity index (χ0) is 12.0. The summed E-state index contributed by atoms with van der Waals surface area (Å²) in [5.74, 6) is -1.05. The highest BCUT2D eigenvalue weighted by molar-refractivity contribution is 6.55. The number of carbonyl (C=O) groups is 2. The third-order valence-corrected chi connectivity index (χ3v) is 2.95. The minimum atomic E-state index is -0.565. The van der Waals surface area contributed by atoms with Gasteiger partial charge in [-0.2, -0.15) is 0 Å². The lowest BCUT2D eigenvalue weighted by Crippen LogP contribution is -2.22. The van der Waals surface area contributed by atoms with Gasteiger partial charge in [-0.1, -0.05) is 11.6 Å². The zero-order valence-corrected chi connectivity index (χ0v) is 9.21. The molecule has 2 N–H and O–H groups in total. The molecule has 84 valence electrons. The van der Waals surface area contributed by atoms with Crippen LogP contribution in [0.4, 0.5) is 0 Å². The Kier molecular flexibility index (Phi) is 2.02. The molecule has 17 heavy (non-hydrogen) atoms. The molecule has 0 saturated carbocycles. The molecule has 0 unspecified atom stereocenters. The van der Waals surface area contributed by atoms with Crippen molar-refractivity contribution < 1.29 is 9.59 Å². The van der Waals surface area contributed by atoms with Crippen LogP contribution in [0.3, 0.4) is 0 Å². The molecule has 2 aromatic heterocycles. The summed E-state index contributed by atoms with van der Waals surface area (Å²) < 4.78 is 0. The second-order valence-corrected chi connectivity index (χ2v) is 3.95. The second-order valence-electron chi connectivity index (χ2n) is 3.57. The molecule has 0 aliphatic carbocycles. The van der Waals surface area contributed by atoms with E-state index in [1.165, 1.54) is 0 Å². The van der Waals surface area contributed by atoms with Gasteiger partial charge in [-0.15, -0.1) is 0 Å². The number of rotatable bonds is 1. The maximum atomic E-state index is 11.6. The number of H-pyrrole nitrogens is 1. The van der Waals surface area contributed by atoms with Gasteiger partial charge in [0.05, 0.1) is 5.57 Å². The monoisotopic (exact) mass is 247 g/mol. The molecule has 2 amide bonds. The van der Waals surface area contributed by atoms with Crippen molar-refractivity contribution in [3.63, 3.8) is 0 Å². The van der Waals surface area contributed by atoms with E-state index in [9.17, 15) is 9.59 Å². The Labute approximate surface area is 100 Å². The minimum absolute atomic E-state index is 0.0836. The summed E-state index contributed by atoms with van der Waals surface area (Å²) in [5, 5.41) is 2.82. The van der Waals surface area contributed by atoms with Gasteiger partial charge in [-0.05, 0) is 12.1 Å². The average Bonchev–Trinajstić information content (AvgIpc) is 2.82. The fourth-order valence-corrected chi connectivity index (χ4v) is 2.07. The molecule has 0 atom stereocenters. The first-order chi connectivity index (χ1) is 8.18. The Morgan fingerprint density at radius 1 is 1.24 bits per heavy atom. The Morgan fingerprint density at radius 3 is 2.76 bits per heavy atom. The first-order valence-electron chi connectivity index (χ1n) is 4.86. The summed E-state index contributed by atoms with van der Waals surface area (Å²) in [7, 11) is 0. The number of hydrogen-bond donors (Lipinski definition) is 2. The summed E-state index contributed by atoms with van der Waals surface area (Å²) >= 11 is 5.83. The standard InChI is InChI=1S/C11H6ClN3O2/c12-8-7(10(16)15-11(8)17)6-4-14-9-5(6)2-1-3-13-9/h1-4H,(H,13,14)(H,15,16,17). The van der Waals surface area contributed by atoms with Gasteiger partial charge in [-0.25, -0.2) is 4.98 Å². The molecule has 0 fully saturated rings. The van der Waals surface area contributed by atoms with Crippen LogP contribution in [-0.2, 0) is 9.59 Å². The lowest BCUT2D eigenvalue weighted by Gasteiger charge is -1.97. The van der Waals surface area contributed by atoms with Crippen LogP contribution in [0.1, 0.15) is 5.56 Å². The number of imide groups is 1. The van der Waals surface area contributed by atoms with Crippen LogP contribution >= 0.6 is 11.6 Å². The summed E-state index contributed by atoms with van der Waals surface area (Å²) in [6.07, 6.45) is 3.26. The molecule has 3 heterocycles. The van der Waals surface area contributed by atoms with Crippen LogP contribution in [0.2, 0.25) is 0 Å². The van der Waals surface area contributed by atoms with Crippen LogP contribution in [0, 0.1) is 0 Å². The molecule has 5 nitrogen and oxygen atoms in total. The summed E-state index contributed by atoms with van der Waals surface area (Å²) in [6, 6.07) is 3.56. The normalized spacial score (nSPS) is 15.8. The number of fused-ring (bicyclic) bond motifs is 1. The highest BCUT2D eigenvalue weighted by Crippen LogP contribution is 2.30. The van der Waals surface area contributed by atoms with Crippen LogP contribution in [0.25, 0.3) is 16.6 Å². The van der Waals surface area contributed by atoms with Crippen molar-refractivity contribution in [2.24, 2.45) is 0 Å². The van der Waals surface area contributed by atoms with E-state index in [1.54, 1.807) is 24.5 Å². The lowest BCUT2D eigenvalue weighted by atomic mass is 10.1. The number of hydrogen-bond acceptors (Lipinski definition) is 3. The van der Waals surface area contributed by atoms with Crippen molar-refractivity contribution in [3.05, 3.63) is 35.1 Å². The minimum Gasteiger partial charge on any atom is -0.346 e. The van der Waals surface area contributed by atoms with Crippen molar-refractivity contribution in [1.82, 2.24) is 15.3 Å². The molecule has 6 heteroatoms.